The van der Waals surface area contributed by atoms with Crippen molar-refractivity contribution in [2.45, 2.75) is 0 Å². The van der Waals surface area contributed by atoms with Crippen LogP contribution in [0.15, 0.2) is 24.4 Å². The van der Waals surface area contributed by atoms with Crippen molar-refractivity contribution in [3.63, 3.8) is 0 Å². The normalized spacial score (nSPS) is 10.7. The SMILES string of the molecule is CN(C)c1ccc(C=CCCl)cn1. The summed E-state index contributed by atoms with van der Waals surface area (Å²) < 4.78 is 0. The first-order chi connectivity index (χ1) is 6.24. The second-order valence-corrected chi connectivity index (χ2v) is 3.21. The van der Waals surface area contributed by atoms with Crippen molar-refractivity contribution in [2.24, 2.45) is 0 Å². The predicted octanol–water partition coefficient (Wildman–Crippen LogP) is 2.40. The molecule has 0 atom stereocenters. The molecule has 0 fully saturated rings. The minimum atomic E-state index is 0.537. The molecule has 0 unspecified atom stereocenters. The van der Waals surface area contributed by atoms with Crippen molar-refractivity contribution in [2.75, 3.05) is 24.9 Å². The zero-order chi connectivity index (χ0) is 9.68. The van der Waals surface area contributed by atoms with Crippen LogP contribution in [0.3, 0.4) is 0 Å². The lowest BCUT2D eigenvalue weighted by Gasteiger charge is -2.10. The molecule has 0 aliphatic carbocycles. The Bertz CT molecular complexity index is 277. The Labute approximate surface area is 83.8 Å². The zero-order valence-electron chi connectivity index (χ0n) is 7.87. The highest BCUT2D eigenvalue weighted by Gasteiger charge is 1.94. The summed E-state index contributed by atoms with van der Waals surface area (Å²) in [6.45, 7) is 0. The molecule has 1 aromatic rings. The van der Waals surface area contributed by atoms with E-state index in [-0.39, 0.29) is 0 Å². The number of halogens is 1. The Hall–Kier alpha value is -1.02. The first-order valence-electron chi connectivity index (χ1n) is 4.10. The third-order valence-corrected chi connectivity index (χ3v) is 1.81. The largest absolute Gasteiger partial charge is 0.363 e. The van der Waals surface area contributed by atoms with Crippen molar-refractivity contribution in [1.82, 2.24) is 4.98 Å². The number of allylic oxidation sites excluding steroid dienone is 1. The molecule has 1 aromatic heterocycles. The number of rotatable bonds is 3. The summed E-state index contributed by atoms with van der Waals surface area (Å²) in [5.41, 5.74) is 1.08. The highest BCUT2D eigenvalue weighted by Crippen LogP contribution is 2.08. The molecule has 13 heavy (non-hydrogen) atoms. The maximum absolute atomic E-state index is 5.52. The van der Waals surface area contributed by atoms with Crippen molar-refractivity contribution in [1.29, 1.82) is 0 Å². The van der Waals surface area contributed by atoms with E-state index in [0.717, 1.165) is 11.4 Å². The molecule has 0 aromatic carbocycles. The van der Waals surface area contributed by atoms with Gasteiger partial charge in [-0.05, 0) is 17.7 Å². The lowest BCUT2D eigenvalue weighted by Crippen LogP contribution is -2.09. The Morgan fingerprint density at radius 2 is 2.23 bits per heavy atom. The van der Waals surface area contributed by atoms with Gasteiger partial charge in [-0.1, -0.05) is 12.2 Å². The Morgan fingerprint density at radius 1 is 1.46 bits per heavy atom. The van der Waals surface area contributed by atoms with E-state index in [2.05, 4.69) is 4.98 Å². The molecule has 0 aliphatic rings. The predicted molar refractivity (Wildman–Crippen MR) is 58.3 cm³/mol. The summed E-state index contributed by atoms with van der Waals surface area (Å²) in [6, 6.07) is 4.00. The van der Waals surface area contributed by atoms with Crippen LogP contribution in [0.5, 0.6) is 0 Å². The molecule has 0 saturated heterocycles. The molecule has 0 radical (unpaired) electrons. The van der Waals surface area contributed by atoms with Gasteiger partial charge >= 0.3 is 0 Å². The van der Waals surface area contributed by atoms with Crippen LogP contribution in [-0.2, 0) is 0 Å². The molecule has 0 amide bonds. The van der Waals surface area contributed by atoms with Crippen molar-refractivity contribution in [3.8, 4) is 0 Å². The smallest absolute Gasteiger partial charge is 0.127 e. The molecular weight excluding hydrogens is 184 g/mol. The summed E-state index contributed by atoms with van der Waals surface area (Å²) in [6.07, 6.45) is 5.69. The van der Waals surface area contributed by atoms with Crippen LogP contribution in [0.1, 0.15) is 5.56 Å². The highest BCUT2D eigenvalue weighted by molar-refractivity contribution is 6.19. The molecular formula is C10H13ClN2. The monoisotopic (exact) mass is 196 g/mol. The molecule has 0 spiro atoms. The summed E-state index contributed by atoms with van der Waals surface area (Å²) in [5.74, 6) is 1.50. The van der Waals surface area contributed by atoms with Gasteiger partial charge in [-0.3, -0.25) is 0 Å². The maximum atomic E-state index is 5.52. The number of nitrogens with zero attached hydrogens (tertiary/aromatic N) is 2. The van der Waals surface area contributed by atoms with Gasteiger partial charge in [0.2, 0.25) is 0 Å². The topological polar surface area (TPSA) is 16.1 Å². The Morgan fingerprint density at radius 3 is 2.69 bits per heavy atom. The van der Waals surface area contributed by atoms with Gasteiger partial charge in [0.05, 0.1) is 0 Å². The van der Waals surface area contributed by atoms with Gasteiger partial charge in [0.1, 0.15) is 5.82 Å². The van der Waals surface area contributed by atoms with Crippen LogP contribution in [0.2, 0.25) is 0 Å². The third kappa shape index (κ3) is 3.07. The number of aromatic nitrogens is 1. The molecule has 2 nitrogen and oxygen atoms in total. The van der Waals surface area contributed by atoms with E-state index in [0.29, 0.717) is 5.88 Å². The molecule has 0 bridgehead atoms. The Kier molecular flexibility index (Phi) is 3.77. The zero-order valence-corrected chi connectivity index (χ0v) is 8.62. The second-order valence-electron chi connectivity index (χ2n) is 2.90. The number of pyridine rings is 1. The van der Waals surface area contributed by atoms with Gasteiger partial charge in [-0.15, -0.1) is 11.6 Å². The van der Waals surface area contributed by atoms with Crippen LogP contribution in [-0.4, -0.2) is 25.0 Å². The number of anilines is 1. The van der Waals surface area contributed by atoms with Gasteiger partial charge in [0, 0.05) is 26.2 Å². The maximum Gasteiger partial charge on any atom is 0.127 e. The lowest BCUT2D eigenvalue weighted by atomic mass is 10.2. The molecule has 1 heterocycles. The van der Waals surface area contributed by atoms with Crippen LogP contribution >= 0.6 is 11.6 Å². The van der Waals surface area contributed by atoms with Gasteiger partial charge in [-0.2, -0.15) is 0 Å². The third-order valence-electron chi connectivity index (χ3n) is 1.63. The van der Waals surface area contributed by atoms with E-state index in [1.54, 1.807) is 0 Å². The van der Waals surface area contributed by atoms with Crippen molar-refractivity contribution >= 4 is 23.5 Å². The molecule has 0 saturated carbocycles. The highest BCUT2D eigenvalue weighted by atomic mass is 35.5. The summed E-state index contributed by atoms with van der Waals surface area (Å²) in [4.78, 5) is 6.23. The van der Waals surface area contributed by atoms with Gasteiger partial charge < -0.3 is 4.90 Å². The fourth-order valence-corrected chi connectivity index (χ4v) is 1.03. The van der Waals surface area contributed by atoms with Gasteiger partial charge in [0.15, 0.2) is 0 Å². The van der Waals surface area contributed by atoms with E-state index in [4.69, 9.17) is 11.6 Å². The van der Waals surface area contributed by atoms with Gasteiger partial charge in [0.25, 0.3) is 0 Å². The standard InChI is InChI=1S/C10H13ClN2/c1-13(2)10-6-5-9(8-12-10)4-3-7-11/h3-6,8H,7H2,1-2H3. The minimum Gasteiger partial charge on any atom is -0.363 e. The van der Waals surface area contributed by atoms with Crippen LogP contribution in [0, 0.1) is 0 Å². The van der Waals surface area contributed by atoms with Crippen molar-refractivity contribution in [3.05, 3.63) is 30.0 Å². The first kappa shape index (κ1) is 10.1. The summed E-state index contributed by atoms with van der Waals surface area (Å²) in [5, 5.41) is 0. The summed E-state index contributed by atoms with van der Waals surface area (Å²) in [7, 11) is 3.94. The van der Waals surface area contributed by atoms with E-state index in [1.165, 1.54) is 0 Å². The average molecular weight is 197 g/mol. The van der Waals surface area contributed by atoms with Crippen LogP contribution < -0.4 is 4.90 Å². The number of alkyl halides is 1. The quantitative estimate of drug-likeness (QED) is 0.691. The van der Waals surface area contributed by atoms with E-state index in [1.807, 2.05) is 49.5 Å². The van der Waals surface area contributed by atoms with Gasteiger partial charge in [-0.25, -0.2) is 4.98 Å². The lowest BCUT2D eigenvalue weighted by molar-refractivity contribution is 1.07. The van der Waals surface area contributed by atoms with Crippen LogP contribution in [0.25, 0.3) is 6.08 Å². The fourth-order valence-electron chi connectivity index (χ4n) is 0.941. The molecule has 3 heteroatoms. The number of hydrogen-bond acceptors (Lipinski definition) is 2. The van der Waals surface area contributed by atoms with E-state index in [9.17, 15) is 0 Å². The molecule has 0 N–H and O–H groups in total. The Balaban J connectivity index is 2.75. The molecule has 70 valence electrons. The first-order valence-corrected chi connectivity index (χ1v) is 4.63. The average Bonchev–Trinajstić information content (AvgIpc) is 2.15. The fraction of sp³-hybridized carbons (Fsp3) is 0.300. The summed E-state index contributed by atoms with van der Waals surface area (Å²) >= 11 is 5.52. The van der Waals surface area contributed by atoms with E-state index >= 15 is 0 Å². The second kappa shape index (κ2) is 4.87. The molecule has 1 rings (SSSR count). The van der Waals surface area contributed by atoms with Crippen molar-refractivity contribution < 1.29 is 0 Å². The van der Waals surface area contributed by atoms with E-state index < -0.39 is 0 Å². The molecule has 0 aliphatic heterocycles. The minimum absolute atomic E-state index is 0.537. The number of hydrogen-bond donors (Lipinski definition) is 0. The van der Waals surface area contributed by atoms with Crippen LogP contribution in [0.4, 0.5) is 5.82 Å².